The quantitative estimate of drug-likeness (QED) is 0.277. The molecular weight excluding hydrogens is 385 g/mol. The van der Waals surface area contributed by atoms with Crippen LogP contribution in [0.15, 0.2) is 65.0 Å². The normalized spacial score (nSPS) is 10.9. The zero-order valence-electron chi connectivity index (χ0n) is 14.0. The SMILES string of the molecule is O=C(/C=C\c1ccccc1)Nc1nnc(SCC(=O)c2ccc(F)cc2)s1. The summed E-state index contributed by atoms with van der Waals surface area (Å²) in [6.45, 7) is 0. The van der Waals surface area contributed by atoms with Gasteiger partial charge in [0.2, 0.25) is 11.0 Å². The second-order valence-corrected chi connectivity index (χ2v) is 7.53. The van der Waals surface area contributed by atoms with E-state index in [2.05, 4.69) is 15.5 Å². The van der Waals surface area contributed by atoms with Gasteiger partial charge in [0.1, 0.15) is 5.82 Å². The third-order valence-electron chi connectivity index (χ3n) is 3.36. The minimum Gasteiger partial charge on any atom is -0.297 e. The molecular formula is C19H14FN3O2S2. The Balaban J connectivity index is 1.50. The van der Waals surface area contributed by atoms with Crippen molar-refractivity contribution in [1.29, 1.82) is 0 Å². The predicted molar refractivity (Wildman–Crippen MR) is 105 cm³/mol. The van der Waals surface area contributed by atoms with Crippen LogP contribution in [0.5, 0.6) is 0 Å². The number of thioether (sulfide) groups is 1. The highest BCUT2D eigenvalue weighted by atomic mass is 32.2. The van der Waals surface area contributed by atoms with Gasteiger partial charge in [-0.15, -0.1) is 10.2 Å². The van der Waals surface area contributed by atoms with Crippen LogP contribution in [0.1, 0.15) is 15.9 Å². The van der Waals surface area contributed by atoms with Crippen LogP contribution in [0.4, 0.5) is 9.52 Å². The van der Waals surface area contributed by atoms with Gasteiger partial charge in [-0.2, -0.15) is 0 Å². The van der Waals surface area contributed by atoms with Gasteiger partial charge >= 0.3 is 0 Å². The Labute approximate surface area is 163 Å². The van der Waals surface area contributed by atoms with Gasteiger partial charge in [0.25, 0.3) is 0 Å². The summed E-state index contributed by atoms with van der Waals surface area (Å²) in [5, 5.41) is 10.8. The fourth-order valence-corrected chi connectivity index (χ4v) is 3.70. The van der Waals surface area contributed by atoms with E-state index < -0.39 is 0 Å². The van der Waals surface area contributed by atoms with E-state index >= 15 is 0 Å². The smallest absolute Gasteiger partial charge is 0.250 e. The maximum atomic E-state index is 12.9. The molecule has 3 aromatic rings. The second-order valence-electron chi connectivity index (χ2n) is 5.33. The Hall–Kier alpha value is -2.84. The first-order valence-corrected chi connectivity index (χ1v) is 9.69. The van der Waals surface area contributed by atoms with E-state index in [1.165, 1.54) is 53.4 Å². The molecule has 27 heavy (non-hydrogen) atoms. The van der Waals surface area contributed by atoms with E-state index in [1.807, 2.05) is 30.3 Å². The number of carbonyl (C=O) groups is 2. The van der Waals surface area contributed by atoms with Gasteiger partial charge in [0.05, 0.1) is 5.75 Å². The van der Waals surface area contributed by atoms with Crippen molar-refractivity contribution in [2.75, 3.05) is 11.1 Å². The highest BCUT2D eigenvalue weighted by Crippen LogP contribution is 2.26. The molecule has 0 saturated carbocycles. The van der Waals surface area contributed by atoms with Crippen LogP contribution in [0.2, 0.25) is 0 Å². The zero-order valence-corrected chi connectivity index (χ0v) is 15.6. The molecule has 2 aromatic carbocycles. The number of anilines is 1. The molecule has 0 spiro atoms. The predicted octanol–water partition coefficient (Wildman–Crippen LogP) is 4.30. The van der Waals surface area contributed by atoms with Gasteiger partial charge in [0.15, 0.2) is 10.1 Å². The van der Waals surface area contributed by atoms with Crippen molar-refractivity contribution in [3.63, 3.8) is 0 Å². The van der Waals surface area contributed by atoms with E-state index in [4.69, 9.17) is 0 Å². The number of carbonyl (C=O) groups excluding carboxylic acids is 2. The number of benzene rings is 2. The maximum Gasteiger partial charge on any atom is 0.250 e. The van der Waals surface area contributed by atoms with Crippen LogP contribution < -0.4 is 5.32 Å². The molecule has 1 heterocycles. The minimum atomic E-state index is -0.384. The topological polar surface area (TPSA) is 72.0 Å². The van der Waals surface area contributed by atoms with Crippen LogP contribution in [0.25, 0.3) is 6.08 Å². The summed E-state index contributed by atoms with van der Waals surface area (Å²) in [7, 11) is 0. The fourth-order valence-electron chi connectivity index (χ4n) is 2.05. The molecule has 0 aliphatic carbocycles. The number of ketones is 1. The number of amides is 1. The number of aromatic nitrogens is 2. The van der Waals surface area contributed by atoms with Crippen LogP contribution in [-0.2, 0) is 4.79 Å². The largest absolute Gasteiger partial charge is 0.297 e. The van der Waals surface area contributed by atoms with Crippen molar-refractivity contribution in [2.24, 2.45) is 0 Å². The minimum absolute atomic E-state index is 0.133. The third kappa shape index (κ3) is 5.83. The van der Waals surface area contributed by atoms with Crippen molar-refractivity contribution in [1.82, 2.24) is 10.2 Å². The molecule has 1 amide bonds. The third-order valence-corrected chi connectivity index (χ3v) is 5.33. The van der Waals surface area contributed by atoms with Gasteiger partial charge < -0.3 is 0 Å². The first-order valence-electron chi connectivity index (χ1n) is 7.89. The van der Waals surface area contributed by atoms with Crippen LogP contribution in [0, 0.1) is 5.82 Å². The monoisotopic (exact) mass is 399 g/mol. The Kier molecular flexibility index (Phi) is 6.45. The fraction of sp³-hybridized carbons (Fsp3) is 0.0526. The van der Waals surface area contributed by atoms with E-state index in [1.54, 1.807) is 6.08 Å². The van der Waals surface area contributed by atoms with E-state index in [0.717, 1.165) is 5.56 Å². The number of nitrogens with zero attached hydrogens (tertiary/aromatic N) is 2. The molecule has 0 radical (unpaired) electrons. The lowest BCUT2D eigenvalue weighted by atomic mass is 10.1. The standard InChI is InChI=1S/C19H14FN3O2S2/c20-15-9-7-14(8-10-15)16(24)12-26-19-23-22-18(27-19)21-17(25)11-6-13-4-2-1-3-5-13/h1-11H,12H2,(H,21,22,25)/b11-6-. The highest BCUT2D eigenvalue weighted by Gasteiger charge is 2.11. The van der Waals surface area contributed by atoms with Crippen LogP contribution in [-0.4, -0.2) is 27.6 Å². The maximum absolute atomic E-state index is 12.9. The van der Waals surface area contributed by atoms with Gasteiger partial charge in [-0.05, 0) is 35.9 Å². The molecule has 0 atom stereocenters. The van der Waals surface area contributed by atoms with Crippen molar-refractivity contribution in [3.8, 4) is 0 Å². The number of hydrogen-bond acceptors (Lipinski definition) is 6. The average Bonchev–Trinajstić information content (AvgIpc) is 3.13. The van der Waals surface area contributed by atoms with Gasteiger partial charge in [0, 0.05) is 11.6 Å². The first-order chi connectivity index (χ1) is 13.1. The summed E-state index contributed by atoms with van der Waals surface area (Å²) < 4.78 is 13.4. The lowest BCUT2D eigenvalue weighted by Crippen LogP contribution is -2.07. The average molecular weight is 399 g/mol. The Morgan fingerprint density at radius 1 is 1.07 bits per heavy atom. The molecule has 1 N–H and O–H groups in total. The lowest BCUT2D eigenvalue weighted by Gasteiger charge is -1.98. The molecule has 5 nitrogen and oxygen atoms in total. The molecule has 0 unspecified atom stereocenters. The Bertz CT molecular complexity index is 957. The molecule has 3 rings (SSSR count). The van der Waals surface area contributed by atoms with Gasteiger partial charge in [-0.25, -0.2) is 4.39 Å². The van der Waals surface area contributed by atoms with Gasteiger partial charge in [-0.3, -0.25) is 14.9 Å². The number of hydrogen-bond donors (Lipinski definition) is 1. The highest BCUT2D eigenvalue weighted by molar-refractivity contribution is 8.01. The molecule has 0 bridgehead atoms. The van der Waals surface area contributed by atoms with Crippen molar-refractivity contribution in [2.45, 2.75) is 4.34 Å². The number of rotatable bonds is 7. The van der Waals surface area contributed by atoms with E-state index in [-0.39, 0.29) is 23.3 Å². The lowest BCUT2D eigenvalue weighted by molar-refractivity contribution is -0.111. The Morgan fingerprint density at radius 2 is 1.81 bits per heavy atom. The molecule has 0 saturated heterocycles. The summed E-state index contributed by atoms with van der Waals surface area (Å²) in [5.74, 6) is -0.673. The molecule has 0 aliphatic rings. The number of nitrogens with one attached hydrogen (secondary N) is 1. The molecule has 8 heteroatoms. The summed E-state index contributed by atoms with van der Waals surface area (Å²) in [5.41, 5.74) is 1.36. The number of Topliss-reactive ketones (excluding diaryl/α,β-unsaturated/α-hetero) is 1. The van der Waals surface area contributed by atoms with E-state index in [9.17, 15) is 14.0 Å². The van der Waals surface area contributed by atoms with Crippen molar-refractivity contribution in [3.05, 3.63) is 77.6 Å². The summed E-state index contributed by atoms with van der Waals surface area (Å²) in [6, 6.07) is 14.9. The zero-order chi connectivity index (χ0) is 19.1. The summed E-state index contributed by atoms with van der Waals surface area (Å²) in [6.07, 6.45) is 3.12. The van der Waals surface area contributed by atoms with Crippen LogP contribution >= 0.6 is 23.1 Å². The van der Waals surface area contributed by atoms with Crippen molar-refractivity contribution < 1.29 is 14.0 Å². The summed E-state index contributed by atoms with van der Waals surface area (Å²) >= 11 is 2.40. The second kappa shape index (κ2) is 9.20. The number of halogens is 1. The molecule has 0 aliphatic heterocycles. The van der Waals surface area contributed by atoms with Crippen molar-refractivity contribution >= 4 is 46.0 Å². The first kappa shape index (κ1) is 18.9. The van der Waals surface area contributed by atoms with Gasteiger partial charge in [-0.1, -0.05) is 53.4 Å². The molecule has 0 fully saturated rings. The van der Waals surface area contributed by atoms with E-state index in [0.29, 0.717) is 15.0 Å². The molecule has 136 valence electrons. The Morgan fingerprint density at radius 3 is 2.56 bits per heavy atom. The summed E-state index contributed by atoms with van der Waals surface area (Å²) in [4.78, 5) is 24.0. The molecule has 1 aromatic heterocycles. The van der Waals surface area contributed by atoms with Crippen LogP contribution in [0.3, 0.4) is 0 Å².